The van der Waals surface area contributed by atoms with Crippen molar-refractivity contribution < 1.29 is 4.74 Å². The summed E-state index contributed by atoms with van der Waals surface area (Å²) >= 11 is 0. The minimum Gasteiger partial charge on any atom is -0.375 e. The molecule has 1 fully saturated rings. The number of piperazine rings is 1. The van der Waals surface area contributed by atoms with E-state index in [4.69, 9.17) is 4.74 Å². The van der Waals surface area contributed by atoms with Crippen LogP contribution >= 0.6 is 0 Å². The van der Waals surface area contributed by atoms with E-state index in [1.54, 1.807) is 0 Å². The molecule has 3 heteroatoms. The molecular formula is C21H28N2O. The number of hydrogen-bond acceptors (Lipinski definition) is 3. The van der Waals surface area contributed by atoms with Crippen LogP contribution in [0, 0.1) is 0 Å². The molecule has 0 amide bonds. The van der Waals surface area contributed by atoms with Crippen LogP contribution in [0.5, 0.6) is 0 Å². The van der Waals surface area contributed by atoms with Gasteiger partial charge in [-0.05, 0) is 31.6 Å². The summed E-state index contributed by atoms with van der Waals surface area (Å²) in [5, 5.41) is 0. The number of nitrogens with zero attached hydrogens (tertiary/aromatic N) is 2. The largest absolute Gasteiger partial charge is 0.375 e. The molecule has 0 saturated carbocycles. The maximum Gasteiger partial charge on any atom is 0.0717 e. The van der Waals surface area contributed by atoms with Gasteiger partial charge in [0.1, 0.15) is 0 Å². The number of likely N-dealkylation sites (N-methyl/N-ethyl adjacent to an activating group) is 2. The van der Waals surface area contributed by atoms with Crippen LogP contribution in [0.1, 0.15) is 11.1 Å². The summed E-state index contributed by atoms with van der Waals surface area (Å²) in [4.78, 5) is 4.95. The van der Waals surface area contributed by atoms with Crippen molar-refractivity contribution in [2.24, 2.45) is 0 Å². The van der Waals surface area contributed by atoms with Crippen molar-refractivity contribution in [3.05, 3.63) is 71.8 Å². The summed E-state index contributed by atoms with van der Waals surface area (Å²) in [6.45, 7) is 3.63. The van der Waals surface area contributed by atoms with Crippen LogP contribution < -0.4 is 0 Å². The standard InChI is InChI=1S/C21H28N2O/c1-22-15-21(17-24-16-19-11-7-4-8-12-19)23(2)14-20(22)13-18-9-5-3-6-10-18/h3-12,20-21H,13-17H2,1-2H3/t20-,21+/m0/s1. The van der Waals surface area contributed by atoms with E-state index in [2.05, 4.69) is 78.5 Å². The summed E-state index contributed by atoms with van der Waals surface area (Å²) in [7, 11) is 4.46. The highest BCUT2D eigenvalue weighted by atomic mass is 16.5. The van der Waals surface area contributed by atoms with Crippen molar-refractivity contribution in [2.45, 2.75) is 25.1 Å². The van der Waals surface area contributed by atoms with Gasteiger partial charge in [-0.15, -0.1) is 0 Å². The van der Waals surface area contributed by atoms with Crippen molar-refractivity contribution in [3.8, 4) is 0 Å². The Kier molecular flexibility index (Phi) is 6.02. The average molecular weight is 324 g/mol. The van der Waals surface area contributed by atoms with Crippen molar-refractivity contribution in [2.75, 3.05) is 33.8 Å². The SMILES string of the molecule is CN1C[C@H](Cc2ccccc2)N(C)C[C@@H]1COCc1ccccc1. The first-order chi connectivity index (χ1) is 11.7. The van der Waals surface area contributed by atoms with Gasteiger partial charge in [0.15, 0.2) is 0 Å². The highest BCUT2D eigenvalue weighted by Gasteiger charge is 2.29. The van der Waals surface area contributed by atoms with E-state index >= 15 is 0 Å². The van der Waals surface area contributed by atoms with E-state index < -0.39 is 0 Å². The number of rotatable bonds is 6. The van der Waals surface area contributed by atoms with Gasteiger partial charge in [0, 0.05) is 25.2 Å². The van der Waals surface area contributed by atoms with Gasteiger partial charge in [-0.1, -0.05) is 60.7 Å². The molecule has 128 valence electrons. The van der Waals surface area contributed by atoms with Crippen molar-refractivity contribution in [3.63, 3.8) is 0 Å². The Labute approximate surface area is 145 Å². The van der Waals surface area contributed by atoms with E-state index in [1.807, 2.05) is 6.07 Å². The Balaban J connectivity index is 1.48. The third-order valence-corrected chi connectivity index (χ3v) is 4.98. The Morgan fingerprint density at radius 2 is 1.33 bits per heavy atom. The normalized spacial score (nSPS) is 22.6. The zero-order chi connectivity index (χ0) is 16.8. The second-order valence-electron chi connectivity index (χ2n) is 6.88. The molecule has 0 unspecified atom stereocenters. The fourth-order valence-corrected chi connectivity index (χ4v) is 3.42. The van der Waals surface area contributed by atoms with Crippen molar-refractivity contribution in [1.29, 1.82) is 0 Å². The minimum absolute atomic E-state index is 0.464. The van der Waals surface area contributed by atoms with Gasteiger partial charge in [-0.25, -0.2) is 0 Å². The zero-order valence-corrected chi connectivity index (χ0v) is 14.8. The Hall–Kier alpha value is -1.68. The number of hydrogen-bond donors (Lipinski definition) is 0. The van der Waals surface area contributed by atoms with Crippen molar-refractivity contribution >= 4 is 0 Å². The molecule has 1 aliphatic heterocycles. The lowest BCUT2D eigenvalue weighted by molar-refractivity contribution is 0.000955. The van der Waals surface area contributed by atoms with Crippen LogP contribution in [0.3, 0.4) is 0 Å². The first-order valence-electron chi connectivity index (χ1n) is 8.78. The van der Waals surface area contributed by atoms with Crippen molar-refractivity contribution in [1.82, 2.24) is 9.80 Å². The lowest BCUT2D eigenvalue weighted by atomic mass is 10.0. The highest BCUT2D eigenvalue weighted by molar-refractivity contribution is 5.16. The molecule has 1 aliphatic rings. The molecule has 0 spiro atoms. The molecule has 0 N–H and O–H groups in total. The molecule has 2 aromatic rings. The zero-order valence-electron chi connectivity index (χ0n) is 14.8. The maximum atomic E-state index is 5.96. The first kappa shape index (κ1) is 17.2. The van der Waals surface area contributed by atoms with Crippen LogP contribution in [0.25, 0.3) is 0 Å². The van der Waals surface area contributed by atoms with Crippen LogP contribution in [-0.4, -0.2) is 55.7 Å². The Bertz CT molecular complexity index is 602. The summed E-state index contributed by atoms with van der Waals surface area (Å²) in [5.74, 6) is 0. The predicted molar refractivity (Wildman–Crippen MR) is 99.1 cm³/mol. The summed E-state index contributed by atoms with van der Waals surface area (Å²) in [5.41, 5.74) is 2.66. The topological polar surface area (TPSA) is 15.7 Å². The van der Waals surface area contributed by atoms with Gasteiger partial charge in [-0.2, -0.15) is 0 Å². The smallest absolute Gasteiger partial charge is 0.0717 e. The number of benzene rings is 2. The van der Waals surface area contributed by atoms with Gasteiger partial charge < -0.3 is 9.64 Å². The Morgan fingerprint density at radius 1 is 0.792 bits per heavy atom. The molecule has 0 radical (unpaired) electrons. The molecule has 1 saturated heterocycles. The first-order valence-corrected chi connectivity index (χ1v) is 8.78. The fraction of sp³-hybridized carbons (Fsp3) is 0.429. The van der Waals surface area contributed by atoms with E-state index in [0.29, 0.717) is 18.7 Å². The lowest BCUT2D eigenvalue weighted by Gasteiger charge is -2.43. The van der Waals surface area contributed by atoms with Gasteiger partial charge in [0.05, 0.1) is 13.2 Å². The van der Waals surface area contributed by atoms with Crippen LogP contribution in [0.2, 0.25) is 0 Å². The van der Waals surface area contributed by atoms with Crippen LogP contribution in [0.4, 0.5) is 0 Å². The highest BCUT2D eigenvalue weighted by Crippen LogP contribution is 2.17. The summed E-state index contributed by atoms with van der Waals surface area (Å²) < 4.78 is 5.96. The van der Waals surface area contributed by atoms with Gasteiger partial charge in [-0.3, -0.25) is 4.90 Å². The molecule has 24 heavy (non-hydrogen) atoms. The van der Waals surface area contributed by atoms with Gasteiger partial charge in [0.2, 0.25) is 0 Å². The minimum atomic E-state index is 0.464. The molecule has 0 bridgehead atoms. The molecule has 2 atom stereocenters. The van der Waals surface area contributed by atoms with Gasteiger partial charge in [0.25, 0.3) is 0 Å². The van der Waals surface area contributed by atoms with Gasteiger partial charge >= 0.3 is 0 Å². The Morgan fingerprint density at radius 3 is 2.00 bits per heavy atom. The average Bonchev–Trinajstić information content (AvgIpc) is 2.61. The van der Waals surface area contributed by atoms with E-state index in [-0.39, 0.29) is 0 Å². The molecule has 2 aromatic carbocycles. The second kappa shape index (κ2) is 8.43. The van der Waals surface area contributed by atoms with Crippen LogP contribution in [0.15, 0.2) is 60.7 Å². The second-order valence-corrected chi connectivity index (χ2v) is 6.88. The van der Waals surface area contributed by atoms with Crippen LogP contribution in [-0.2, 0) is 17.8 Å². The molecular weight excluding hydrogens is 296 g/mol. The summed E-state index contributed by atoms with van der Waals surface area (Å²) in [6.07, 6.45) is 1.11. The molecule has 1 heterocycles. The summed E-state index contributed by atoms with van der Waals surface area (Å²) in [6, 6.07) is 22.2. The molecule has 3 rings (SSSR count). The lowest BCUT2D eigenvalue weighted by Crippen LogP contribution is -2.57. The molecule has 0 aromatic heterocycles. The quantitative estimate of drug-likeness (QED) is 0.812. The third kappa shape index (κ3) is 4.67. The number of ether oxygens (including phenoxy) is 1. The predicted octanol–water partition coefficient (Wildman–Crippen LogP) is 3.06. The molecule has 3 nitrogen and oxygen atoms in total. The fourth-order valence-electron chi connectivity index (χ4n) is 3.42. The maximum absolute atomic E-state index is 5.96. The molecule has 0 aliphatic carbocycles. The monoisotopic (exact) mass is 324 g/mol. The van der Waals surface area contributed by atoms with E-state index in [1.165, 1.54) is 11.1 Å². The van der Waals surface area contributed by atoms with E-state index in [0.717, 1.165) is 26.1 Å². The third-order valence-electron chi connectivity index (χ3n) is 4.98. The van der Waals surface area contributed by atoms with E-state index in [9.17, 15) is 0 Å².